The molecule has 0 N–H and O–H groups in total. The highest BCUT2D eigenvalue weighted by molar-refractivity contribution is 4.52. The van der Waals surface area contributed by atoms with Crippen molar-refractivity contribution in [3.05, 3.63) is 13.2 Å². The first kappa shape index (κ1) is 17.7. The van der Waals surface area contributed by atoms with E-state index in [2.05, 4.69) is 40.9 Å². The van der Waals surface area contributed by atoms with Crippen molar-refractivity contribution in [3.63, 3.8) is 0 Å². The van der Waals surface area contributed by atoms with E-state index in [4.69, 9.17) is 0 Å². The lowest BCUT2D eigenvalue weighted by molar-refractivity contribution is 0.429. The third-order valence-corrected chi connectivity index (χ3v) is 1.57. The van der Waals surface area contributed by atoms with E-state index in [9.17, 15) is 0 Å². The van der Waals surface area contributed by atoms with Crippen LogP contribution in [0.3, 0.4) is 0 Å². The molecule has 0 radical (unpaired) electrons. The second-order valence-electron chi connectivity index (χ2n) is 3.14. The molecule has 0 fully saturated rings. The van der Waals surface area contributed by atoms with Crippen molar-refractivity contribution in [1.82, 2.24) is 0 Å². The molecule has 0 aliphatic carbocycles. The Balaban J connectivity index is -0.000000175. The molecule has 0 saturated heterocycles. The van der Waals surface area contributed by atoms with Crippen LogP contribution >= 0.6 is 0 Å². The van der Waals surface area contributed by atoms with Gasteiger partial charge in [-0.05, 0) is 18.3 Å². The highest BCUT2D eigenvalue weighted by Crippen LogP contribution is 2.12. The summed E-state index contributed by atoms with van der Waals surface area (Å²) in [5.41, 5.74) is 0. The van der Waals surface area contributed by atoms with Gasteiger partial charge in [-0.2, -0.15) is 0 Å². The molecule has 0 heterocycles. The summed E-state index contributed by atoms with van der Waals surface area (Å²) in [5, 5.41) is 0. The molecule has 0 nitrogen and oxygen atoms in total. The summed E-state index contributed by atoms with van der Waals surface area (Å²) in [4.78, 5) is 0. The first-order chi connectivity index (χ1) is 5.66. The van der Waals surface area contributed by atoms with Crippen LogP contribution in [0, 0.1) is 11.8 Å². The van der Waals surface area contributed by atoms with Gasteiger partial charge >= 0.3 is 0 Å². The van der Waals surface area contributed by atoms with E-state index in [1.165, 1.54) is 12.8 Å². The van der Waals surface area contributed by atoms with Gasteiger partial charge in [-0.15, -0.1) is 13.2 Å². The van der Waals surface area contributed by atoms with Gasteiger partial charge in [0.1, 0.15) is 0 Å². The Labute approximate surface area is 80.1 Å². The number of hydrogen-bond acceptors (Lipinski definition) is 0. The van der Waals surface area contributed by atoms with Gasteiger partial charge in [-0.3, -0.25) is 0 Å². The normalized spacial score (nSPS) is 10.6. The van der Waals surface area contributed by atoms with Gasteiger partial charge in [-0.25, -0.2) is 0 Å². The average molecular weight is 172 g/mol. The zero-order chi connectivity index (χ0) is 10.6. The second-order valence-corrected chi connectivity index (χ2v) is 3.14. The Hall–Kier alpha value is -0.260. The topological polar surface area (TPSA) is 0 Å². The minimum Gasteiger partial charge on any atom is -0.106 e. The van der Waals surface area contributed by atoms with Crippen LogP contribution in [0.5, 0.6) is 0 Å². The molecule has 0 aromatic heterocycles. The predicted molar refractivity (Wildman–Crippen MR) is 61.5 cm³/mol. The van der Waals surface area contributed by atoms with Gasteiger partial charge in [0.25, 0.3) is 0 Å². The standard InChI is InChI=1S/C8H18.C2H6.C2H4/c1-5-8(4)6-7(2)3;2*1-2/h7-8H,5-6H2,1-4H3;1-2H3;1-2H2. The lowest BCUT2D eigenvalue weighted by Crippen LogP contribution is -1.97. The van der Waals surface area contributed by atoms with E-state index >= 15 is 0 Å². The lowest BCUT2D eigenvalue weighted by Gasteiger charge is -2.09. The zero-order valence-electron chi connectivity index (χ0n) is 9.98. The fraction of sp³-hybridized carbons (Fsp3) is 0.833. The maximum Gasteiger partial charge on any atom is -0.0443 e. The summed E-state index contributed by atoms with van der Waals surface area (Å²) in [6, 6.07) is 0. The highest BCUT2D eigenvalue weighted by atomic mass is 14.1. The molecule has 0 aromatic carbocycles. The van der Waals surface area contributed by atoms with E-state index in [0.717, 1.165) is 11.8 Å². The van der Waals surface area contributed by atoms with Crippen molar-refractivity contribution in [2.75, 3.05) is 0 Å². The van der Waals surface area contributed by atoms with Crippen molar-refractivity contribution in [2.45, 2.75) is 54.4 Å². The minimum absolute atomic E-state index is 0.880. The highest BCUT2D eigenvalue weighted by Gasteiger charge is 2.00. The Bertz CT molecular complexity index is 55.1. The first-order valence-corrected chi connectivity index (χ1v) is 5.16. The third-order valence-electron chi connectivity index (χ3n) is 1.57. The first-order valence-electron chi connectivity index (χ1n) is 5.16. The molecule has 0 spiro atoms. The molecule has 76 valence electrons. The van der Waals surface area contributed by atoms with E-state index < -0.39 is 0 Å². The molecule has 0 aliphatic rings. The van der Waals surface area contributed by atoms with Gasteiger partial charge in [0, 0.05) is 0 Å². The van der Waals surface area contributed by atoms with Gasteiger partial charge in [0.15, 0.2) is 0 Å². The maximum atomic E-state index is 3.00. The smallest absolute Gasteiger partial charge is 0.0443 e. The summed E-state index contributed by atoms with van der Waals surface area (Å²) in [5.74, 6) is 1.81. The van der Waals surface area contributed by atoms with Crippen molar-refractivity contribution in [2.24, 2.45) is 11.8 Å². The second kappa shape index (κ2) is 17.0. The predicted octanol–water partition coefficient (Wildman–Crippen LogP) is 4.91. The summed E-state index contributed by atoms with van der Waals surface area (Å²) in [7, 11) is 0. The van der Waals surface area contributed by atoms with Crippen LogP contribution in [0.4, 0.5) is 0 Å². The molecule has 1 atom stereocenters. The molecule has 0 heteroatoms. The lowest BCUT2D eigenvalue weighted by atomic mass is 9.97. The molecular weight excluding hydrogens is 144 g/mol. The van der Waals surface area contributed by atoms with Crippen LogP contribution < -0.4 is 0 Å². The van der Waals surface area contributed by atoms with Gasteiger partial charge in [-0.1, -0.05) is 48.0 Å². The van der Waals surface area contributed by atoms with Gasteiger partial charge < -0.3 is 0 Å². The molecule has 0 aromatic rings. The average Bonchev–Trinajstić information content (AvgIpc) is 2.10. The van der Waals surface area contributed by atoms with Gasteiger partial charge in [0.2, 0.25) is 0 Å². The SMILES string of the molecule is C=C.CC.CCC(C)CC(C)C. The zero-order valence-corrected chi connectivity index (χ0v) is 9.98. The largest absolute Gasteiger partial charge is 0.106 e. The fourth-order valence-electron chi connectivity index (χ4n) is 0.971. The molecular formula is C12H28. The van der Waals surface area contributed by atoms with Crippen LogP contribution in [0.1, 0.15) is 54.4 Å². The quantitative estimate of drug-likeness (QED) is 0.531. The summed E-state index contributed by atoms with van der Waals surface area (Å²) < 4.78 is 0. The maximum absolute atomic E-state index is 3.00. The van der Waals surface area contributed by atoms with E-state index in [1.54, 1.807) is 0 Å². The Morgan fingerprint density at radius 2 is 1.33 bits per heavy atom. The Kier molecular flexibility index (Phi) is 25.1. The minimum atomic E-state index is 0.880. The molecule has 0 aliphatic heterocycles. The molecule has 12 heavy (non-hydrogen) atoms. The van der Waals surface area contributed by atoms with Crippen molar-refractivity contribution in [3.8, 4) is 0 Å². The monoisotopic (exact) mass is 172 g/mol. The summed E-state index contributed by atoms with van der Waals surface area (Å²) in [6.07, 6.45) is 2.72. The van der Waals surface area contributed by atoms with Crippen LogP contribution in [-0.4, -0.2) is 0 Å². The molecule has 0 saturated carbocycles. The van der Waals surface area contributed by atoms with Gasteiger partial charge in [0.05, 0.1) is 0 Å². The number of rotatable bonds is 3. The van der Waals surface area contributed by atoms with Crippen LogP contribution in [-0.2, 0) is 0 Å². The Morgan fingerprint density at radius 1 is 1.00 bits per heavy atom. The van der Waals surface area contributed by atoms with Crippen LogP contribution in [0.25, 0.3) is 0 Å². The van der Waals surface area contributed by atoms with Crippen molar-refractivity contribution in [1.29, 1.82) is 0 Å². The summed E-state index contributed by atoms with van der Waals surface area (Å²) in [6.45, 7) is 19.1. The Morgan fingerprint density at radius 3 is 1.42 bits per heavy atom. The van der Waals surface area contributed by atoms with E-state index in [-0.39, 0.29) is 0 Å². The molecule has 0 amide bonds. The third kappa shape index (κ3) is 22.6. The van der Waals surface area contributed by atoms with E-state index in [1.807, 2.05) is 13.8 Å². The molecule has 1 unspecified atom stereocenters. The van der Waals surface area contributed by atoms with E-state index in [0.29, 0.717) is 0 Å². The fourth-order valence-corrected chi connectivity index (χ4v) is 0.971. The van der Waals surface area contributed by atoms with Crippen LogP contribution in [0.15, 0.2) is 13.2 Å². The molecule has 0 bridgehead atoms. The van der Waals surface area contributed by atoms with Crippen LogP contribution in [0.2, 0.25) is 0 Å². The number of hydrogen-bond donors (Lipinski definition) is 0. The molecule has 0 rings (SSSR count). The van der Waals surface area contributed by atoms with Crippen molar-refractivity contribution < 1.29 is 0 Å². The van der Waals surface area contributed by atoms with Crippen molar-refractivity contribution >= 4 is 0 Å². The summed E-state index contributed by atoms with van der Waals surface area (Å²) >= 11 is 0.